The van der Waals surface area contributed by atoms with Gasteiger partial charge >= 0.3 is 0 Å². The Hall–Kier alpha value is -1.70. The van der Waals surface area contributed by atoms with E-state index in [1.165, 1.54) is 24.4 Å². The van der Waals surface area contributed by atoms with Crippen LogP contribution in [0.5, 0.6) is 0 Å². The van der Waals surface area contributed by atoms with Gasteiger partial charge in [-0.25, -0.2) is 8.42 Å². The number of anilines is 1. The largest absolute Gasteiger partial charge is 0.388 e. The Balaban J connectivity index is 2.44. The number of pyridine rings is 1. The first-order valence-corrected chi connectivity index (χ1v) is 7.70. The van der Waals surface area contributed by atoms with Crippen molar-refractivity contribution in [3.63, 3.8) is 0 Å². The molecule has 104 valence electrons. The number of aromatic nitrogens is 1. The van der Waals surface area contributed by atoms with E-state index in [0.29, 0.717) is 10.7 Å². The molecule has 2 aromatic rings. The lowest BCUT2D eigenvalue weighted by atomic mass is 10.3. The third kappa shape index (κ3) is 3.24. The van der Waals surface area contributed by atoms with E-state index in [9.17, 15) is 8.42 Å². The van der Waals surface area contributed by atoms with E-state index >= 15 is 0 Å². The maximum Gasteiger partial charge on any atom is 0.264 e. The third-order valence-corrected chi connectivity index (χ3v) is 4.21. The zero-order chi connectivity index (χ0) is 14.8. The van der Waals surface area contributed by atoms with Gasteiger partial charge in [0, 0.05) is 11.2 Å². The average Bonchev–Trinajstić information content (AvgIpc) is 2.38. The van der Waals surface area contributed by atoms with E-state index in [1.54, 1.807) is 18.2 Å². The molecule has 0 unspecified atom stereocenters. The Bertz CT molecular complexity index is 763. The van der Waals surface area contributed by atoms with Crippen LogP contribution in [-0.2, 0) is 10.0 Å². The molecule has 0 saturated heterocycles. The molecule has 1 aromatic heterocycles. The van der Waals surface area contributed by atoms with Gasteiger partial charge in [-0.3, -0.25) is 9.71 Å². The molecule has 0 bridgehead atoms. The molecule has 2 rings (SSSR count). The molecule has 20 heavy (non-hydrogen) atoms. The van der Waals surface area contributed by atoms with Crippen LogP contribution in [0.15, 0.2) is 47.5 Å². The molecule has 0 atom stereocenters. The Morgan fingerprint density at radius 3 is 2.70 bits per heavy atom. The van der Waals surface area contributed by atoms with Gasteiger partial charge in [0.25, 0.3) is 10.0 Å². The summed E-state index contributed by atoms with van der Waals surface area (Å²) in [6.45, 7) is 0. The smallest absolute Gasteiger partial charge is 0.264 e. The van der Waals surface area contributed by atoms with Gasteiger partial charge in [-0.2, -0.15) is 0 Å². The first-order valence-electron chi connectivity index (χ1n) is 5.43. The topological polar surface area (TPSA) is 85.1 Å². The highest BCUT2D eigenvalue weighted by Crippen LogP contribution is 2.20. The predicted molar refractivity (Wildman–Crippen MR) is 82.4 cm³/mol. The van der Waals surface area contributed by atoms with E-state index in [2.05, 4.69) is 9.71 Å². The van der Waals surface area contributed by atoms with Gasteiger partial charge in [-0.15, -0.1) is 0 Å². The lowest BCUT2D eigenvalue weighted by Crippen LogP contribution is -2.21. The minimum atomic E-state index is -3.84. The summed E-state index contributed by atoms with van der Waals surface area (Å²) in [7, 11) is -3.84. The number of rotatable bonds is 4. The Morgan fingerprint density at radius 2 is 2.05 bits per heavy atom. The summed E-state index contributed by atoms with van der Waals surface area (Å²) in [5.41, 5.74) is 5.88. The zero-order valence-corrected chi connectivity index (χ0v) is 12.5. The number of nitrogens with one attached hydrogen (secondary N) is 1. The zero-order valence-electron chi connectivity index (χ0n) is 10.1. The molecule has 0 radical (unpaired) electrons. The van der Waals surface area contributed by atoms with E-state index in [0.717, 1.165) is 0 Å². The summed E-state index contributed by atoms with van der Waals surface area (Å²) in [4.78, 5) is 3.73. The van der Waals surface area contributed by atoms with Crippen molar-refractivity contribution >= 4 is 44.5 Å². The van der Waals surface area contributed by atoms with Crippen molar-refractivity contribution < 1.29 is 8.42 Å². The monoisotopic (exact) mass is 327 g/mol. The first kappa shape index (κ1) is 14.7. The number of nitrogens with zero attached hydrogens (tertiary/aromatic N) is 1. The van der Waals surface area contributed by atoms with Crippen LogP contribution in [0.4, 0.5) is 5.69 Å². The van der Waals surface area contributed by atoms with E-state index in [-0.39, 0.29) is 15.6 Å². The third-order valence-electron chi connectivity index (χ3n) is 2.37. The van der Waals surface area contributed by atoms with Crippen molar-refractivity contribution in [2.75, 3.05) is 4.72 Å². The highest BCUT2D eigenvalue weighted by Gasteiger charge is 2.20. The molecule has 1 heterocycles. The second-order valence-corrected chi connectivity index (χ2v) is 6.36. The number of halogens is 1. The number of sulfonamides is 1. The van der Waals surface area contributed by atoms with Crippen molar-refractivity contribution in [3.05, 3.63) is 53.3 Å². The summed E-state index contributed by atoms with van der Waals surface area (Å²) < 4.78 is 27.1. The van der Waals surface area contributed by atoms with Crippen LogP contribution in [0.1, 0.15) is 5.69 Å². The van der Waals surface area contributed by atoms with Crippen LogP contribution >= 0.6 is 23.8 Å². The molecule has 0 amide bonds. The van der Waals surface area contributed by atoms with Crippen molar-refractivity contribution in [2.24, 2.45) is 5.73 Å². The highest BCUT2D eigenvalue weighted by atomic mass is 35.5. The molecule has 1 aromatic carbocycles. The molecule has 0 fully saturated rings. The summed E-state index contributed by atoms with van der Waals surface area (Å²) in [6, 6.07) is 9.24. The lowest BCUT2D eigenvalue weighted by molar-refractivity contribution is 0.600. The molecule has 3 N–H and O–H groups in total. The van der Waals surface area contributed by atoms with Gasteiger partial charge in [0.05, 0.1) is 5.69 Å². The van der Waals surface area contributed by atoms with Gasteiger partial charge in [0.15, 0.2) is 0 Å². The number of nitrogens with two attached hydrogens (primary N) is 1. The summed E-state index contributed by atoms with van der Waals surface area (Å²) in [5.74, 6) is 0. The molecule has 0 aliphatic heterocycles. The summed E-state index contributed by atoms with van der Waals surface area (Å²) in [5, 5.41) is 0.422. The number of hydrogen-bond donors (Lipinski definition) is 2. The molecular formula is C12H10ClN3O2S2. The number of benzene rings is 1. The maximum atomic E-state index is 12.3. The average molecular weight is 328 g/mol. The van der Waals surface area contributed by atoms with Gasteiger partial charge in [-0.05, 0) is 30.3 Å². The molecule has 0 aliphatic carbocycles. The fraction of sp³-hybridized carbons (Fsp3) is 0. The lowest BCUT2D eigenvalue weighted by Gasteiger charge is -2.10. The minimum absolute atomic E-state index is 0.0528. The minimum Gasteiger partial charge on any atom is -0.388 e. The molecule has 0 spiro atoms. The van der Waals surface area contributed by atoms with Crippen LogP contribution in [0, 0.1) is 0 Å². The van der Waals surface area contributed by atoms with Crippen molar-refractivity contribution in [3.8, 4) is 0 Å². The number of hydrogen-bond acceptors (Lipinski definition) is 4. The van der Waals surface area contributed by atoms with Crippen LogP contribution < -0.4 is 10.5 Å². The van der Waals surface area contributed by atoms with Crippen molar-refractivity contribution in [2.45, 2.75) is 4.90 Å². The van der Waals surface area contributed by atoms with Crippen LogP contribution in [0.3, 0.4) is 0 Å². The van der Waals surface area contributed by atoms with Gasteiger partial charge in [0.2, 0.25) is 0 Å². The normalized spacial score (nSPS) is 11.1. The Kier molecular flexibility index (Phi) is 4.22. The van der Waals surface area contributed by atoms with E-state index < -0.39 is 10.0 Å². The standard InChI is InChI=1S/C12H10ClN3O2S2/c13-8-3-1-4-9(7-8)16-20(17,18)10-5-2-6-15-11(10)12(14)19/h1-7,16H,(H2,14,19). The molecule has 5 nitrogen and oxygen atoms in total. The van der Waals surface area contributed by atoms with E-state index in [4.69, 9.17) is 29.6 Å². The maximum absolute atomic E-state index is 12.3. The highest BCUT2D eigenvalue weighted by molar-refractivity contribution is 7.93. The van der Waals surface area contributed by atoms with Gasteiger partial charge in [-0.1, -0.05) is 29.9 Å². The summed E-state index contributed by atoms with van der Waals surface area (Å²) >= 11 is 10.6. The second kappa shape index (κ2) is 5.74. The predicted octanol–water partition coefficient (Wildman–Crippen LogP) is 2.17. The molecular weight excluding hydrogens is 318 g/mol. The fourth-order valence-corrected chi connectivity index (χ4v) is 3.19. The SMILES string of the molecule is NC(=S)c1ncccc1S(=O)(=O)Nc1cccc(Cl)c1. The Morgan fingerprint density at radius 1 is 1.30 bits per heavy atom. The Labute approximate surface area is 126 Å². The molecule has 0 saturated carbocycles. The first-order chi connectivity index (χ1) is 9.40. The van der Waals surface area contributed by atoms with Gasteiger partial charge in [0.1, 0.15) is 15.6 Å². The quantitative estimate of drug-likeness (QED) is 0.841. The van der Waals surface area contributed by atoms with Crippen LogP contribution in [0.25, 0.3) is 0 Å². The van der Waals surface area contributed by atoms with E-state index in [1.807, 2.05) is 0 Å². The van der Waals surface area contributed by atoms with Gasteiger partial charge < -0.3 is 5.73 Å². The van der Waals surface area contributed by atoms with Crippen LogP contribution in [0.2, 0.25) is 5.02 Å². The second-order valence-electron chi connectivity index (χ2n) is 3.83. The fourth-order valence-electron chi connectivity index (χ4n) is 1.55. The van der Waals surface area contributed by atoms with Crippen LogP contribution in [-0.4, -0.2) is 18.4 Å². The number of thiocarbonyl (C=S) groups is 1. The molecule has 8 heteroatoms. The van der Waals surface area contributed by atoms with Crippen molar-refractivity contribution in [1.29, 1.82) is 0 Å². The van der Waals surface area contributed by atoms with Crippen molar-refractivity contribution in [1.82, 2.24) is 4.98 Å². The molecule has 0 aliphatic rings. The summed E-state index contributed by atoms with van der Waals surface area (Å²) in [6.07, 6.45) is 1.42.